The first kappa shape index (κ1) is 11.8. The Morgan fingerprint density at radius 2 is 2.12 bits per heavy atom. The van der Waals surface area contributed by atoms with Crippen LogP contribution in [0.1, 0.15) is 30.7 Å². The number of allylic oxidation sites excluding steroid dienone is 4. The molecule has 1 aromatic rings. The van der Waals surface area contributed by atoms with E-state index >= 15 is 0 Å². The van der Waals surface area contributed by atoms with Crippen molar-refractivity contribution in [1.29, 1.82) is 0 Å². The largest absolute Gasteiger partial charge is 0.495 e. The molecule has 0 fully saturated rings. The highest BCUT2D eigenvalue weighted by Gasteiger charge is 2.13. The molecule has 1 unspecified atom stereocenters. The molecule has 2 heteroatoms. The van der Waals surface area contributed by atoms with Gasteiger partial charge in [-0.3, -0.25) is 0 Å². The Labute approximate surface area is 103 Å². The van der Waals surface area contributed by atoms with Crippen molar-refractivity contribution in [3.8, 4) is 5.75 Å². The van der Waals surface area contributed by atoms with Gasteiger partial charge in [-0.15, -0.1) is 0 Å². The minimum atomic E-state index is 0.398. The number of anilines is 1. The van der Waals surface area contributed by atoms with Crippen molar-refractivity contribution in [2.75, 3.05) is 12.8 Å². The molecule has 0 bridgehead atoms. The molecular weight excluding hydrogens is 210 g/mol. The fourth-order valence-electron chi connectivity index (χ4n) is 2.23. The van der Waals surface area contributed by atoms with Gasteiger partial charge < -0.3 is 10.5 Å². The van der Waals surface area contributed by atoms with Gasteiger partial charge in [0, 0.05) is 5.92 Å². The van der Waals surface area contributed by atoms with E-state index in [1.165, 1.54) is 5.56 Å². The average Bonchev–Trinajstić information content (AvgIpc) is 2.30. The lowest BCUT2D eigenvalue weighted by Gasteiger charge is -2.17. The van der Waals surface area contributed by atoms with Gasteiger partial charge in [0.05, 0.1) is 12.8 Å². The van der Waals surface area contributed by atoms with Crippen LogP contribution >= 0.6 is 0 Å². The van der Waals surface area contributed by atoms with Crippen LogP contribution in [0.2, 0.25) is 0 Å². The third kappa shape index (κ3) is 2.70. The lowest BCUT2D eigenvalue weighted by Crippen LogP contribution is -2.03. The second kappa shape index (κ2) is 5.58. The summed E-state index contributed by atoms with van der Waals surface area (Å²) in [6.07, 6.45) is 12.1. The fourth-order valence-corrected chi connectivity index (χ4v) is 2.23. The van der Waals surface area contributed by atoms with E-state index in [0.29, 0.717) is 5.92 Å². The number of methoxy groups -OCH3 is 1. The van der Waals surface area contributed by atoms with Gasteiger partial charge in [-0.25, -0.2) is 0 Å². The summed E-state index contributed by atoms with van der Waals surface area (Å²) in [6.45, 7) is 0. The molecule has 0 aliphatic heterocycles. The summed E-state index contributed by atoms with van der Waals surface area (Å²) >= 11 is 0. The highest BCUT2D eigenvalue weighted by atomic mass is 16.5. The molecule has 0 heterocycles. The first-order valence-electron chi connectivity index (χ1n) is 6.07. The van der Waals surface area contributed by atoms with E-state index < -0.39 is 0 Å². The zero-order chi connectivity index (χ0) is 12.1. The van der Waals surface area contributed by atoms with Crippen LogP contribution in [-0.2, 0) is 0 Å². The quantitative estimate of drug-likeness (QED) is 0.620. The van der Waals surface area contributed by atoms with E-state index in [0.717, 1.165) is 30.7 Å². The van der Waals surface area contributed by atoms with Crippen molar-refractivity contribution in [1.82, 2.24) is 0 Å². The van der Waals surface area contributed by atoms with Gasteiger partial charge in [0.25, 0.3) is 0 Å². The van der Waals surface area contributed by atoms with Crippen molar-refractivity contribution in [2.45, 2.75) is 25.2 Å². The Kier molecular flexibility index (Phi) is 3.86. The first-order chi connectivity index (χ1) is 8.33. The molecule has 2 N–H and O–H groups in total. The molecule has 2 nitrogen and oxygen atoms in total. The Balaban J connectivity index is 2.29. The summed E-state index contributed by atoms with van der Waals surface area (Å²) < 4.78 is 5.27. The van der Waals surface area contributed by atoms with Crippen LogP contribution in [0, 0.1) is 0 Å². The molecule has 17 heavy (non-hydrogen) atoms. The molecule has 90 valence electrons. The Bertz CT molecular complexity index is 435. The number of nitrogen functional groups attached to an aromatic ring is 1. The van der Waals surface area contributed by atoms with Crippen molar-refractivity contribution in [2.24, 2.45) is 0 Å². The maximum atomic E-state index is 6.14. The van der Waals surface area contributed by atoms with Gasteiger partial charge in [0.15, 0.2) is 0 Å². The van der Waals surface area contributed by atoms with E-state index in [1.54, 1.807) is 7.11 Å². The summed E-state index contributed by atoms with van der Waals surface area (Å²) in [4.78, 5) is 0. The average molecular weight is 229 g/mol. The molecule has 0 radical (unpaired) electrons. The third-order valence-corrected chi connectivity index (χ3v) is 3.17. The smallest absolute Gasteiger partial charge is 0.142 e. The molecule has 0 amide bonds. The highest BCUT2D eigenvalue weighted by Crippen LogP contribution is 2.34. The maximum Gasteiger partial charge on any atom is 0.142 e. The summed E-state index contributed by atoms with van der Waals surface area (Å²) in [5.74, 6) is 1.17. The molecule has 1 aliphatic carbocycles. The fraction of sp³-hybridized carbons (Fsp3) is 0.333. The number of benzene rings is 1. The lowest BCUT2D eigenvalue weighted by atomic mass is 9.91. The summed E-state index contributed by atoms with van der Waals surface area (Å²) in [5, 5.41) is 0. The third-order valence-electron chi connectivity index (χ3n) is 3.17. The molecular formula is C15H19NO. The van der Waals surface area contributed by atoms with Crippen LogP contribution in [0.15, 0.2) is 42.5 Å². The molecule has 1 atom stereocenters. The first-order valence-corrected chi connectivity index (χ1v) is 6.07. The van der Waals surface area contributed by atoms with Crippen LogP contribution in [0.3, 0.4) is 0 Å². The monoisotopic (exact) mass is 229 g/mol. The van der Waals surface area contributed by atoms with Crippen LogP contribution < -0.4 is 10.5 Å². The van der Waals surface area contributed by atoms with Crippen molar-refractivity contribution in [3.05, 3.63) is 48.1 Å². The van der Waals surface area contributed by atoms with Crippen molar-refractivity contribution < 1.29 is 4.74 Å². The number of ether oxygens (including phenoxy) is 1. The number of hydrogen-bond acceptors (Lipinski definition) is 2. The van der Waals surface area contributed by atoms with Gasteiger partial charge in [0.1, 0.15) is 5.75 Å². The van der Waals surface area contributed by atoms with Gasteiger partial charge in [-0.05, 0) is 30.9 Å². The zero-order valence-electron chi connectivity index (χ0n) is 10.2. The molecule has 1 aromatic carbocycles. The predicted molar refractivity (Wildman–Crippen MR) is 72.3 cm³/mol. The van der Waals surface area contributed by atoms with Gasteiger partial charge in [-0.1, -0.05) is 36.4 Å². The minimum Gasteiger partial charge on any atom is -0.495 e. The minimum absolute atomic E-state index is 0.398. The second-order valence-corrected chi connectivity index (χ2v) is 4.28. The highest BCUT2D eigenvalue weighted by molar-refractivity contribution is 5.60. The Morgan fingerprint density at radius 1 is 1.24 bits per heavy atom. The predicted octanol–water partition coefficient (Wildman–Crippen LogP) is 3.66. The van der Waals surface area contributed by atoms with Crippen molar-refractivity contribution in [3.63, 3.8) is 0 Å². The molecule has 0 spiro atoms. The van der Waals surface area contributed by atoms with Gasteiger partial charge in [0.2, 0.25) is 0 Å². The van der Waals surface area contributed by atoms with Gasteiger partial charge >= 0.3 is 0 Å². The summed E-state index contributed by atoms with van der Waals surface area (Å²) in [7, 11) is 1.66. The number of hydrogen-bond donors (Lipinski definition) is 1. The molecule has 1 aliphatic rings. The number of nitrogens with two attached hydrogens (primary N) is 1. The summed E-state index contributed by atoms with van der Waals surface area (Å²) in [6, 6.07) is 6.01. The van der Waals surface area contributed by atoms with Crippen LogP contribution in [-0.4, -0.2) is 7.11 Å². The normalized spacial score (nSPS) is 23.5. The standard InChI is InChI=1S/C15H19NO/c1-17-14-11-7-10-13(15(14)16)12-8-5-3-2-4-6-9-12/h2-3,6-7,9-12H,4-5,8,16H2,1H3/b3-2-,9-6-. The van der Waals surface area contributed by atoms with E-state index in [9.17, 15) is 0 Å². The molecule has 0 saturated carbocycles. The molecule has 0 aromatic heterocycles. The number of para-hydroxylation sites is 1. The topological polar surface area (TPSA) is 35.2 Å². The lowest BCUT2D eigenvalue weighted by molar-refractivity contribution is 0.416. The van der Waals surface area contributed by atoms with Crippen LogP contribution in [0.5, 0.6) is 5.75 Å². The van der Waals surface area contributed by atoms with Crippen LogP contribution in [0.25, 0.3) is 0 Å². The summed E-state index contributed by atoms with van der Waals surface area (Å²) in [5.41, 5.74) is 8.09. The molecule has 0 saturated heterocycles. The van der Waals surface area contributed by atoms with Crippen molar-refractivity contribution >= 4 is 5.69 Å². The SMILES string of the molecule is COc1cccc(C2/C=C\C/C=C\CC2)c1N. The Hall–Kier alpha value is -1.70. The number of rotatable bonds is 2. The maximum absolute atomic E-state index is 6.14. The Morgan fingerprint density at radius 3 is 2.94 bits per heavy atom. The van der Waals surface area contributed by atoms with E-state index in [1.807, 2.05) is 12.1 Å². The van der Waals surface area contributed by atoms with E-state index in [2.05, 4.69) is 30.4 Å². The molecule has 2 rings (SSSR count). The van der Waals surface area contributed by atoms with E-state index in [4.69, 9.17) is 10.5 Å². The van der Waals surface area contributed by atoms with Gasteiger partial charge in [-0.2, -0.15) is 0 Å². The second-order valence-electron chi connectivity index (χ2n) is 4.28. The van der Waals surface area contributed by atoms with E-state index in [-0.39, 0.29) is 0 Å². The zero-order valence-corrected chi connectivity index (χ0v) is 10.2. The van der Waals surface area contributed by atoms with Crippen LogP contribution in [0.4, 0.5) is 5.69 Å².